The highest BCUT2D eigenvalue weighted by atomic mass is 19.1. The van der Waals surface area contributed by atoms with Gasteiger partial charge in [-0.3, -0.25) is 0 Å². The van der Waals surface area contributed by atoms with E-state index in [0.717, 1.165) is 34.2 Å². The number of aromatic nitrogens is 2. The molecule has 1 aliphatic rings. The van der Waals surface area contributed by atoms with Crippen LogP contribution in [0, 0.1) is 5.82 Å². The fraction of sp³-hybridized carbons (Fsp3) is 0.182. The summed E-state index contributed by atoms with van der Waals surface area (Å²) in [6.07, 6.45) is 4.88. The molecule has 0 amide bonds. The number of furan rings is 1. The van der Waals surface area contributed by atoms with Gasteiger partial charge in [0.25, 0.3) is 0 Å². The second-order valence-corrected chi connectivity index (χ2v) is 7.09. The number of likely N-dealkylation sites (N-methyl/N-ethyl adjacent to an activating group) is 1. The van der Waals surface area contributed by atoms with Gasteiger partial charge in [0.1, 0.15) is 11.4 Å². The van der Waals surface area contributed by atoms with E-state index in [1.807, 2.05) is 25.2 Å². The lowest BCUT2D eigenvalue weighted by molar-refractivity contribution is 0.289. The van der Waals surface area contributed by atoms with Crippen LogP contribution in [0.25, 0.3) is 22.1 Å². The molecule has 0 N–H and O–H groups in total. The third-order valence-electron chi connectivity index (χ3n) is 5.35. The first-order valence-electron chi connectivity index (χ1n) is 8.95. The summed E-state index contributed by atoms with van der Waals surface area (Å²) < 4.78 is 20.9. The zero-order valence-electron chi connectivity index (χ0n) is 14.9. The molecule has 0 bridgehead atoms. The number of rotatable bonds is 2. The Morgan fingerprint density at radius 1 is 1.11 bits per heavy atom. The van der Waals surface area contributed by atoms with E-state index in [4.69, 9.17) is 4.42 Å². The topological polar surface area (TPSA) is 42.2 Å². The van der Waals surface area contributed by atoms with Crippen LogP contribution in [0.15, 0.2) is 65.5 Å². The van der Waals surface area contributed by atoms with Crippen LogP contribution < -0.4 is 0 Å². The summed E-state index contributed by atoms with van der Waals surface area (Å²) in [4.78, 5) is 2.17. The molecule has 0 radical (unpaired) electrons. The Labute approximate surface area is 156 Å². The van der Waals surface area contributed by atoms with E-state index in [0.29, 0.717) is 12.1 Å². The molecule has 2 aromatic carbocycles. The average Bonchev–Trinajstić information content (AvgIpc) is 3.17. The Morgan fingerprint density at radius 3 is 2.89 bits per heavy atom. The smallest absolute Gasteiger partial charge is 0.135 e. The predicted octanol–water partition coefficient (Wildman–Crippen LogP) is 4.61. The summed E-state index contributed by atoms with van der Waals surface area (Å²) in [5.74, 6) is -0.0430. The molecular weight excluding hydrogens is 341 g/mol. The summed E-state index contributed by atoms with van der Waals surface area (Å²) in [5, 5.41) is 8.74. The van der Waals surface area contributed by atoms with E-state index >= 15 is 4.39 Å². The van der Waals surface area contributed by atoms with E-state index in [2.05, 4.69) is 33.3 Å². The van der Waals surface area contributed by atoms with Crippen LogP contribution in [0.4, 0.5) is 4.39 Å². The lowest BCUT2D eigenvalue weighted by Crippen LogP contribution is -2.31. The van der Waals surface area contributed by atoms with Gasteiger partial charge in [-0.05, 0) is 42.4 Å². The molecule has 0 spiro atoms. The van der Waals surface area contributed by atoms with Gasteiger partial charge in [0, 0.05) is 41.1 Å². The van der Waals surface area contributed by atoms with Gasteiger partial charge in [-0.15, -0.1) is 0 Å². The molecule has 3 heterocycles. The lowest BCUT2D eigenvalue weighted by atomic mass is 9.83. The van der Waals surface area contributed by atoms with E-state index < -0.39 is 0 Å². The van der Waals surface area contributed by atoms with Gasteiger partial charge in [-0.1, -0.05) is 18.2 Å². The Bertz CT molecular complexity index is 1120. The first-order chi connectivity index (χ1) is 13.2. The highest BCUT2D eigenvalue weighted by molar-refractivity contribution is 5.78. The molecule has 5 heteroatoms. The number of nitrogens with zero attached hydrogens (tertiary/aromatic N) is 3. The molecule has 0 fully saturated rings. The highest BCUT2D eigenvalue weighted by Crippen LogP contribution is 2.38. The van der Waals surface area contributed by atoms with Crippen LogP contribution in [-0.2, 0) is 6.54 Å². The minimum atomic E-state index is -0.165. The summed E-state index contributed by atoms with van der Waals surface area (Å²) in [5.41, 5.74) is 5.18. The van der Waals surface area contributed by atoms with Crippen molar-refractivity contribution in [2.75, 3.05) is 13.6 Å². The number of benzene rings is 2. The Hall–Kier alpha value is -3.05. The molecule has 27 heavy (non-hydrogen) atoms. The summed E-state index contributed by atoms with van der Waals surface area (Å²) >= 11 is 0. The fourth-order valence-electron chi connectivity index (χ4n) is 4.03. The normalized spacial score (nSPS) is 17.2. The van der Waals surface area contributed by atoms with Crippen molar-refractivity contribution in [2.45, 2.75) is 12.5 Å². The van der Waals surface area contributed by atoms with E-state index in [1.165, 1.54) is 5.56 Å². The van der Waals surface area contributed by atoms with Crippen molar-refractivity contribution < 1.29 is 8.81 Å². The second kappa shape index (κ2) is 6.28. The molecule has 0 saturated heterocycles. The minimum absolute atomic E-state index is 0.122. The number of hydrogen-bond donors (Lipinski definition) is 0. The maximum atomic E-state index is 15.4. The van der Waals surface area contributed by atoms with E-state index in [9.17, 15) is 0 Å². The molecule has 1 unspecified atom stereocenters. The standard InChI is InChI=1S/C22H18FN3O/c1-26-12-19(14-2-5-21-15(10-14)7-9-27-21)18-4-3-17(22(23)20(18)13-26)16-6-8-24-25-11-16/h2-11,19H,12-13H2,1H3. The number of halogens is 1. The van der Waals surface area contributed by atoms with Crippen molar-refractivity contribution in [3.8, 4) is 11.1 Å². The van der Waals surface area contributed by atoms with Crippen molar-refractivity contribution in [1.82, 2.24) is 15.1 Å². The summed E-state index contributed by atoms with van der Waals surface area (Å²) in [7, 11) is 2.03. The lowest BCUT2D eigenvalue weighted by Gasteiger charge is -2.33. The first kappa shape index (κ1) is 16.1. The zero-order chi connectivity index (χ0) is 18.4. The molecule has 4 nitrogen and oxygen atoms in total. The summed E-state index contributed by atoms with van der Waals surface area (Å²) in [6, 6.07) is 13.9. The molecule has 5 rings (SSSR count). The van der Waals surface area contributed by atoms with Gasteiger partial charge in [-0.25, -0.2) is 4.39 Å². The van der Waals surface area contributed by atoms with Crippen molar-refractivity contribution in [3.05, 3.63) is 83.6 Å². The molecule has 4 aromatic rings. The maximum Gasteiger partial charge on any atom is 0.135 e. The molecule has 2 aromatic heterocycles. The van der Waals surface area contributed by atoms with Crippen LogP contribution in [0.3, 0.4) is 0 Å². The van der Waals surface area contributed by atoms with Crippen LogP contribution in [0.1, 0.15) is 22.6 Å². The van der Waals surface area contributed by atoms with Crippen molar-refractivity contribution in [3.63, 3.8) is 0 Å². The maximum absolute atomic E-state index is 15.4. The van der Waals surface area contributed by atoms with Crippen molar-refractivity contribution >= 4 is 11.0 Å². The van der Waals surface area contributed by atoms with Gasteiger partial charge < -0.3 is 9.32 Å². The molecular formula is C22H18FN3O. The fourth-order valence-corrected chi connectivity index (χ4v) is 4.03. The Morgan fingerprint density at radius 2 is 2.04 bits per heavy atom. The monoisotopic (exact) mass is 359 g/mol. The first-order valence-corrected chi connectivity index (χ1v) is 8.95. The zero-order valence-corrected chi connectivity index (χ0v) is 14.9. The van der Waals surface area contributed by atoms with Crippen LogP contribution in [0.5, 0.6) is 0 Å². The number of hydrogen-bond acceptors (Lipinski definition) is 4. The molecule has 0 saturated carbocycles. The van der Waals surface area contributed by atoms with Gasteiger partial charge in [0.15, 0.2) is 0 Å². The molecule has 1 atom stereocenters. The SMILES string of the molecule is CN1Cc2c(ccc(-c3ccnnc3)c2F)C(c2ccc3occc3c2)C1. The molecule has 0 aliphatic carbocycles. The quantitative estimate of drug-likeness (QED) is 0.524. The molecule has 134 valence electrons. The van der Waals surface area contributed by atoms with Gasteiger partial charge in [-0.2, -0.15) is 10.2 Å². The van der Waals surface area contributed by atoms with Crippen LogP contribution >= 0.6 is 0 Å². The largest absolute Gasteiger partial charge is 0.464 e. The third kappa shape index (κ3) is 2.71. The Kier molecular flexibility index (Phi) is 3.76. The average molecular weight is 359 g/mol. The van der Waals surface area contributed by atoms with E-state index in [-0.39, 0.29) is 11.7 Å². The van der Waals surface area contributed by atoms with Crippen LogP contribution in [-0.4, -0.2) is 28.7 Å². The van der Waals surface area contributed by atoms with Gasteiger partial charge >= 0.3 is 0 Å². The molecule has 1 aliphatic heterocycles. The van der Waals surface area contributed by atoms with Gasteiger partial charge in [0.2, 0.25) is 0 Å². The number of fused-ring (bicyclic) bond motifs is 2. The van der Waals surface area contributed by atoms with E-state index in [1.54, 1.807) is 24.7 Å². The second-order valence-electron chi connectivity index (χ2n) is 7.09. The predicted molar refractivity (Wildman–Crippen MR) is 102 cm³/mol. The van der Waals surface area contributed by atoms with Gasteiger partial charge in [0.05, 0.1) is 18.7 Å². The highest BCUT2D eigenvalue weighted by Gasteiger charge is 2.28. The Balaban J connectivity index is 1.64. The third-order valence-corrected chi connectivity index (χ3v) is 5.35. The minimum Gasteiger partial charge on any atom is -0.464 e. The van der Waals surface area contributed by atoms with Crippen molar-refractivity contribution in [2.24, 2.45) is 0 Å². The van der Waals surface area contributed by atoms with Crippen LogP contribution in [0.2, 0.25) is 0 Å². The summed E-state index contributed by atoms with van der Waals surface area (Å²) in [6.45, 7) is 1.45. The van der Waals surface area contributed by atoms with Crippen molar-refractivity contribution in [1.29, 1.82) is 0 Å².